The number of anilines is 1. The van der Waals surface area contributed by atoms with Gasteiger partial charge < -0.3 is 10.3 Å². The first kappa shape index (κ1) is 11.7. The number of H-pyrrole nitrogens is 1. The molecule has 0 amide bonds. The predicted octanol–water partition coefficient (Wildman–Crippen LogP) is 3.45. The van der Waals surface area contributed by atoms with Crippen LogP contribution in [-0.2, 0) is 0 Å². The second-order valence-corrected chi connectivity index (χ2v) is 4.45. The van der Waals surface area contributed by atoms with Crippen LogP contribution >= 0.6 is 0 Å². The second-order valence-electron chi connectivity index (χ2n) is 4.45. The van der Waals surface area contributed by atoms with E-state index in [1.807, 2.05) is 30.5 Å². The van der Waals surface area contributed by atoms with E-state index in [4.69, 9.17) is 0 Å². The summed E-state index contributed by atoms with van der Waals surface area (Å²) in [6, 6.07) is 12.2. The number of nitrogens with zero attached hydrogens (tertiary/aromatic N) is 2. The second kappa shape index (κ2) is 5.10. The van der Waals surface area contributed by atoms with E-state index in [0.717, 1.165) is 40.9 Å². The summed E-state index contributed by atoms with van der Waals surface area (Å²) < 4.78 is 0. The Morgan fingerprint density at radius 3 is 2.63 bits per heavy atom. The molecule has 0 aliphatic carbocycles. The van der Waals surface area contributed by atoms with Crippen molar-refractivity contribution in [3.8, 4) is 11.4 Å². The molecule has 3 rings (SSSR count). The molecule has 0 aliphatic rings. The maximum atomic E-state index is 4.36. The molecule has 96 valence electrons. The maximum absolute atomic E-state index is 4.36. The first-order chi connectivity index (χ1) is 9.40. The molecule has 0 aliphatic heterocycles. The third-order valence-corrected chi connectivity index (χ3v) is 3.08. The van der Waals surface area contributed by atoms with Crippen LogP contribution in [0.2, 0.25) is 0 Å². The number of nitrogens with one attached hydrogen (secondary N) is 2. The van der Waals surface area contributed by atoms with Crippen molar-refractivity contribution in [2.45, 2.75) is 13.3 Å². The standard InChI is InChI=1S/C15H16N4/c1-2-9-17-15-12-7-4-3-6-11(12)14(18-19-15)13-8-5-10-16-13/h3-8,10,16H,2,9H2,1H3,(H,17,19). The number of hydrogen-bond donors (Lipinski definition) is 2. The summed E-state index contributed by atoms with van der Waals surface area (Å²) in [6.07, 6.45) is 2.96. The highest BCUT2D eigenvalue weighted by Crippen LogP contribution is 2.28. The van der Waals surface area contributed by atoms with Crippen molar-refractivity contribution >= 4 is 16.6 Å². The van der Waals surface area contributed by atoms with E-state index < -0.39 is 0 Å². The minimum absolute atomic E-state index is 0.854. The molecule has 4 nitrogen and oxygen atoms in total. The molecule has 0 bridgehead atoms. The summed E-state index contributed by atoms with van der Waals surface area (Å²) in [6.45, 7) is 3.04. The largest absolute Gasteiger partial charge is 0.368 e. The molecule has 19 heavy (non-hydrogen) atoms. The molecule has 2 N–H and O–H groups in total. The monoisotopic (exact) mass is 252 g/mol. The van der Waals surface area contributed by atoms with Crippen LogP contribution in [0.3, 0.4) is 0 Å². The lowest BCUT2D eigenvalue weighted by molar-refractivity contribution is 0.952. The van der Waals surface area contributed by atoms with E-state index >= 15 is 0 Å². The van der Waals surface area contributed by atoms with Gasteiger partial charge in [0, 0.05) is 23.5 Å². The summed E-state index contributed by atoms with van der Waals surface area (Å²) in [5, 5.41) is 14.2. The zero-order valence-corrected chi connectivity index (χ0v) is 10.9. The van der Waals surface area contributed by atoms with E-state index in [1.54, 1.807) is 0 Å². The van der Waals surface area contributed by atoms with Gasteiger partial charge in [-0.2, -0.15) is 0 Å². The fraction of sp³-hybridized carbons (Fsp3) is 0.200. The lowest BCUT2D eigenvalue weighted by Crippen LogP contribution is -2.04. The van der Waals surface area contributed by atoms with Crippen molar-refractivity contribution in [3.05, 3.63) is 42.6 Å². The van der Waals surface area contributed by atoms with Crippen molar-refractivity contribution in [3.63, 3.8) is 0 Å². The Kier molecular flexibility index (Phi) is 3.14. The van der Waals surface area contributed by atoms with Crippen molar-refractivity contribution in [1.29, 1.82) is 0 Å². The van der Waals surface area contributed by atoms with E-state index in [1.165, 1.54) is 0 Å². The number of benzene rings is 1. The van der Waals surface area contributed by atoms with Gasteiger partial charge in [0.1, 0.15) is 5.69 Å². The summed E-state index contributed by atoms with van der Waals surface area (Å²) in [4.78, 5) is 3.19. The number of aromatic nitrogens is 3. The Balaban J connectivity index is 2.16. The van der Waals surface area contributed by atoms with Gasteiger partial charge in [-0.25, -0.2) is 0 Å². The van der Waals surface area contributed by atoms with Gasteiger partial charge >= 0.3 is 0 Å². The molecular weight excluding hydrogens is 236 g/mol. The van der Waals surface area contributed by atoms with Crippen LogP contribution in [-0.4, -0.2) is 21.7 Å². The summed E-state index contributed by atoms with van der Waals surface area (Å²) >= 11 is 0. The van der Waals surface area contributed by atoms with Gasteiger partial charge in [0.15, 0.2) is 5.82 Å². The molecule has 4 heteroatoms. The van der Waals surface area contributed by atoms with Crippen molar-refractivity contribution in [2.24, 2.45) is 0 Å². The summed E-state index contributed by atoms with van der Waals surface area (Å²) in [5.74, 6) is 0.854. The zero-order chi connectivity index (χ0) is 13.1. The smallest absolute Gasteiger partial charge is 0.156 e. The van der Waals surface area contributed by atoms with Crippen LogP contribution in [0.1, 0.15) is 13.3 Å². The Bertz CT molecular complexity index is 674. The van der Waals surface area contributed by atoms with Gasteiger partial charge in [-0.15, -0.1) is 10.2 Å². The molecule has 2 aromatic heterocycles. The first-order valence-corrected chi connectivity index (χ1v) is 6.53. The van der Waals surface area contributed by atoms with E-state index in [0.29, 0.717) is 0 Å². The van der Waals surface area contributed by atoms with Crippen molar-refractivity contribution in [1.82, 2.24) is 15.2 Å². The van der Waals surface area contributed by atoms with Crippen molar-refractivity contribution in [2.75, 3.05) is 11.9 Å². The lowest BCUT2D eigenvalue weighted by atomic mass is 10.1. The van der Waals surface area contributed by atoms with Crippen LogP contribution in [0, 0.1) is 0 Å². The fourth-order valence-corrected chi connectivity index (χ4v) is 2.15. The Labute approximate surface area is 111 Å². The highest BCUT2D eigenvalue weighted by atomic mass is 15.2. The maximum Gasteiger partial charge on any atom is 0.156 e. The topological polar surface area (TPSA) is 53.6 Å². The van der Waals surface area contributed by atoms with Gasteiger partial charge in [0.05, 0.1) is 5.69 Å². The van der Waals surface area contributed by atoms with Crippen LogP contribution in [0.25, 0.3) is 22.2 Å². The number of fused-ring (bicyclic) bond motifs is 1. The fourth-order valence-electron chi connectivity index (χ4n) is 2.15. The highest BCUT2D eigenvalue weighted by Gasteiger charge is 2.10. The summed E-state index contributed by atoms with van der Waals surface area (Å²) in [7, 11) is 0. The number of aromatic amines is 1. The lowest BCUT2D eigenvalue weighted by Gasteiger charge is -2.09. The third-order valence-electron chi connectivity index (χ3n) is 3.08. The van der Waals surface area contributed by atoms with E-state index in [9.17, 15) is 0 Å². The molecule has 0 radical (unpaired) electrons. The molecule has 0 atom stereocenters. The van der Waals surface area contributed by atoms with Crippen LogP contribution in [0.15, 0.2) is 42.6 Å². The van der Waals surface area contributed by atoms with Crippen LogP contribution < -0.4 is 5.32 Å². The molecule has 0 unspecified atom stereocenters. The van der Waals surface area contributed by atoms with Gasteiger partial charge in [-0.3, -0.25) is 0 Å². The summed E-state index contributed by atoms with van der Waals surface area (Å²) in [5.41, 5.74) is 1.88. The average molecular weight is 252 g/mol. The first-order valence-electron chi connectivity index (χ1n) is 6.53. The molecule has 0 fully saturated rings. The van der Waals surface area contributed by atoms with E-state index in [2.05, 4.69) is 39.6 Å². The average Bonchev–Trinajstić information content (AvgIpc) is 2.98. The van der Waals surface area contributed by atoms with Crippen LogP contribution in [0.5, 0.6) is 0 Å². The molecule has 3 aromatic rings. The highest BCUT2D eigenvalue weighted by molar-refractivity contribution is 5.99. The number of rotatable bonds is 4. The molecule has 0 saturated carbocycles. The zero-order valence-electron chi connectivity index (χ0n) is 10.9. The normalized spacial score (nSPS) is 10.8. The molecule has 2 heterocycles. The van der Waals surface area contributed by atoms with E-state index in [-0.39, 0.29) is 0 Å². The Morgan fingerprint density at radius 1 is 1.05 bits per heavy atom. The molecular formula is C15H16N4. The third kappa shape index (κ3) is 2.17. The minimum Gasteiger partial charge on any atom is -0.368 e. The predicted molar refractivity (Wildman–Crippen MR) is 78.1 cm³/mol. The molecule has 0 spiro atoms. The van der Waals surface area contributed by atoms with Gasteiger partial charge in [-0.05, 0) is 18.6 Å². The van der Waals surface area contributed by atoms with Gasteiger partial charge in [0.2, 0.25) is 0 Å². The van der Waals surface area contributed by atoms with Crippen molar-refractivity contribution < 1.29 is 0 Å². The SMILES string of the molecule is CCCNc1nnc(-c2ccc[nH]2)c2ccccc12. The van der Waals surface area contributed by atoms with Gasteiger partial charge in [-0.1, -0.05) is 31.2 Å². The Hall–Kier alpha value is -2.36. The number of hydrogen-bond acceptors (Lipinski definition) is 3. The van der Waals surface area contributed by atoms with Gasteiger partial charge in [0.25, 0.3) is 0 Å². The Morgan fingerprint density at radius 2 is 1.89 bits per heavy atom. The minimum atomic E-state index is 0.854. The molecule has 0 saturated heterocycles. The molecule has 1 aromatic carbocycles. The van der Waals surface area contributed by atoms with Crippen LogP contribution in [0.4, 0.5) is 5.82 Å². The quantitative estimate of drug-likeness (QED) is 0.747.